The standard InChI is InChI=1S/C13H19NO2S/c1-4-16-13(15)10-5-6-11(14)12(7-10)17-8-9(2)3/h5-7,9H,4,8,14H2,1-3H3. The summed E-state index contributed by atoms with van der Waals surface area (Å²) in [6, 6.07) is 5.27. The number of nitrogens with two attached hydrogens (primary N) is 1. The lowest BCUT2D eigenvalue weighted by Gasteiger charge is -2.09. The Labute approximate surface area is 107 Å². The number of rotatable bonds is 5. The lowest BCUT2D eigenvalue weighted by Crippen LogP contribution is -2.05. The fraction of sp³-hybridized carbons (Fsp3) is 0.462. The summed E-state index contributed by atoms with van der Waals surface area (Å²) in [5, 5.41) is 0. The second-order valence-electron chi connectivity index (χ2n) is 4.18. The van der Waals surface area contributed by atoms with Gasteiger partial charge in [0.25, 0.3) is 0 Å². The predicted octanol–water partition coefficient (Wildman–Crippen LogP) is 3.19. The van der Waals surface area contributed by atoms with Crippen LogP contribution in [0.1, 0.15) is 31.1 Å². The third-order valence-corrected chi connectivity index (χ3v) is 3.59. The molecule has 0 bridgehead atoms. The number of carbonyl (C=O) groups is 1. The largest absolute Gasteiger partial charge is 0.462 e. The zero-order valence-corrected chi connectivity index (χ0v) is 11.3. The minimum Gasteiger partial charge on any atom is -0.462 e. The van der Waals surface area contributed by atoms with Gasteiger partial charge in [-0.15, -0.1) is 11.8 Å². The number of anilines is 1. The average Bonchev–Trinajstić information content (AvgIpc) is 2.28. The van der Waals surface area contributed by atoms with Crippen molar-refractivity contribution in [3.8, 4) is 0 Å². The maximum Gasteiger partial charge on any atom is 0.338 e. The van der Waals surface area contributed by atoms with Gasteiger partial charge in [0.05, 0.1) is 12.2 Å². The highest BCUT2D eigenvalue weighted by atomic mass is 32.2. The second kappa shape index (κ2) is 6.55. The van der Waals surface area contributed by atoms with Gasteiger partial charge in [-0.05, 0) is 31.0 Å². The molecule has 4 heteroatoms. The van der Waals surface area contributed by atoms with E-state index >= 15 is 0 Å². The number of benzene rings is 1. The molecule has 3 nitrogen and oxygen atoms in total. The van der Waals surface area contributed by atoms with E-state index in [2.05, 4.69) is 13.8 Å². The molecule has 94 valence electrons. The van der Waals surface area contributed by atoms with E-state index in [9.17, 15) is 4.79 Å². The van der Waals surface area contributed by atoms with E-state index in [0.29, 0.717) is 23.8 Å². The Morgan fingerprint density at radius 1 is 1.47 bits per heavy atom. The Bertz CT molecular complexity index is 391. The monoisotopic (exact) mass is 253 g/mol. The van der Waals surface area contributed by atoms with E-state index in [-0.39, 0.29) is 5.97 Å². The van der Waals surface area contributed by atoms with Crippen LogP contribution in [0, 0.1) is 5.92 Å². The van der Waals surface area contributed by atoms with Crippen molar-refractivity contribution >= 4 is 23.4 Å². The van der Waals surface area contributed by atoms with Crippen LogP contribution in [0.2, 0.25) is 0 Å². The molecule has 0 atom stereocenters. The summed E-state index contributed by atoms with van der Waals surface area (Å²) in [6.45, 7) is 6.48. The first kappa shape index (κ1) is 13.9. The van der Waals surface area contributed by atoms with Crippen molar-refractivity contribution in [3.05, 3.63) is 23.8 Å². The molecule has 17 heavy (non-hydrogen) atoms. The summed E-state index contributed by atoms with van der Waals surface area (Å²) in [6.07, 6.45) is 0. The molecule has 0 fully saturated rings. The van der Waals surface area contributed by atoms with Crippen LogP contribution in [0.15, 0.2) is 23.1 Å². The van der Waals surface area contributed by atoms with E-state index < -0.39 is 0 Å². The van der Waals surface area contributed by atoms with Gasteiger partial charge in [0.2, 0.25) is 0 Å². The van der Waals surface area contributed by atoms with E-state index in [1.165, 1.54) is 0 Å². The molecule has 2 N–H and O–H groups in total. The fourth-order valence-corrected chi connectivity index (χ4v) is 2.22. The van der Waals surface area contributed by atoms with Gasteiger partial charge in [0.15, 0.2) is 0 Å². The molecule has 1 aromatic carbocycles. The molecule has 0 aliphatic heterocycles. The minimum atomic E-state index is -0.293. The number of hydrogen-bond acceptors (Lipinski definition) is 4. The van der Waals surface area contributed by atoms with E-state index in [1.54, 1.807) is 36.9 Å². The third kappa shape index (κ3) is 4.30. The van der Waals surface area contributed by atoms with Crippen molar-refractivity contribution in [3.63, 3.8) is 0 Å². The summed E-state index contributed by atoms with van der Waals surface area (Å²) >= 11 is 1.67. The molecule has 0 spiro atoms. The first-order valence-electron chi connectivity index (χ1n) is 5.74. The Morgan fingerprint density at radius 2 is 2.18 bits per heavy atom. The van der Waals surface area contributed by atoms with Crippen LogP contribution in [-0.4, -0.2) is 18.3 Å². The molecule has 0 saturated heterocycles. The van der Waals surface area contributed by atoms with Crippen LogP contribution >= 0.6 is 11.8 Å². The summed E-state index contributed by atoms with van der Waals surface area (Å²) in [4.78, 5) is 12.5. The lowest BCUT2D eigenvalue weighted by atomic mass is 10.2. The van der Waals surface area contributed by atoms with Crippen LogP contribution in [0.25, 0.3) is 0 Å². The van der Waals surface area contributed by atoms with Crippen molar-refractivity contribution < 1.29 is 9.53 Å². The Morgan fingerprint density at radius 3 is 2.76 bits per heavy atom. The van der Waals surface area contributed by atoms with Crippen LogP contribution in [0.3, 0.4) is 0 Å². The van der Waals surface area contributed by atoms with E-state index in [1.807, 2.05) is 0 Å². The number of esters is 1. The SMILES string of the molecule is CCOC(=O)c1ccc(N)c(SCC(C)C)c1. The van der Waals surface area contributed by atoms with Crippen molar-refractivity contribution in [2.45, 2.75) is 25.7 Å². The van der Waals surface area contributed by atoms with Crippen LogP contribution in [-0.2, 0) is 4.74 Å². The van der Waals surface area contributed by atoms with Crippen molar-refractivity contribution in [1.82, 2.24) is 0 Å². The molecule has 1 aromatic rings. The molecule has 0 unspecified atom stereocenters. The van der Waals surface area contributed by atoms with Crippen LogP contribution < -0.4 is 5.73 Å². The van der Waals surface area contributed by atoms with Crippen molar-refractivity contribution in [1.29, 1.82) is 0 Å². The first-order valence-corrected chi connectivity index (χ1v) is 6.72. The van der Waals surface area contributed by atoms with E-state index in [0.717, 1.165) is 10.6 Å². The van der Waals surface area contributed by atoms with Gasteiger partial charge in [-0.3, -0.25) is 0 Å². The van der Waals surface area contributed by atoms with Gasteiger partial charge >= 0.3 is 5.97 Å². The first-order chi connectivity index (χ1) is 8.04. The predicted molar refractivity (Wildman–Crippen MR) is 72.4 cm³/mol. The molecule has 0 aliphatic rings. The van der Waals surface area contributed by atoms with Crippen LogP contribution in [0.4, 0.5) is 5.69 Å². The number of nitrogen functional groups attached to an aromatic ring is 1. The van der Waals surface area contributed by atoms with Gasteiger partial charge in [-0.1, -0.05) is 13.8 Å². The van der Waals surface area contributed by atoms with Gasteiger partial charge in [-0.2, -0.15) is 0 Å². The summed E-state index contributed by atoms with van der Waals surface area (Å²) in [7, 11) is 0. The van der Waals surface area contributed by atoms with Gasteiger partial charge in [0.1, 0.15) is 0 Å². The van der Waals surface area contributed by atoms with Gasteiger partial charge in [-0.25, -0.2) is 4.79 Å². The smallest absolute Gasteiger partial charge is 0.338 e. The third-order valence-electron chi connectivity index (χ3n) is 2.10. The van der Waals surface area contributed by atoms with Crippen LogP contribution in [0.5, 0.6) is 0 Å². The highest BCUT2D eigenvalue weighted by molar-refractivity contribution is 7.99. The number of thioether (sulfide) groups is 1. The highest BCUT2D eigenvalue weighted by Crippen LogP contribution is 2.27. The Kier molecular flexibility index (Phi) is 5.35. The molecule has 0 heterocycles. The highest BCUT2D eigenvalue weighted by Gasteiger charge is 2.09. The normalized spacial score (nSPS) is 10.6. The van der Waals surface area contributed by atoms with E-state index in [4.69, 9.17) is 10.5 Å². The lowest BCUT2D eigenvalue weighted by molar-refractivity contribution is 0.0526. The molecule has 0 aromatic heterocycles. The molecule has 0 amide bonds. The molecule has 0 radical (unpaired) electrons. The summed E-state index contributed by atoms with van der Waals surface area (Å²) in [5.41, 5.74) is 7.15. The number of ether oxygens (including phenoxy) is 1. The zero-order valence-electron chi connectivity index (χ0n) is 10.5. The quantitative estimate of drug-likeness (QED) is 0.497. The Balaban J connectivity index is 2.82. The maximum absolute atomic E-state index is 11.6. The summed E-state index contributed by atoms with van der Waals surface area (Å²) < 4.78 is 4.96. The fourth-order valence-electron chi connectivity index (χ4n) is 1.26. The maximum atomic E-state index is 11.6. The number of hydrogen-bond donors (Lipinski definition) is 1. The molecular weight excluding hydrogens is 234 g/mol. The zero-order chi connectivity index (χ0) is 12.8. The molecular formula is C13H19NO2S. The number of carbonyl (C=O) groups excluding carboxylic acids is 1. The minimum absolute atomic E-state index is 0.293. The summed E-state index contributed by atoms with van der Waals surface area (Å²) in [5.74, 6) is 1.28. The molecule has 0 aliphatic carbocycles. The Hall–Kier alpha value is -1.16. The van der Waals surface area contributed by atoms with Crippen molar-refractivity contribution in [2.75, 3.05) is 18.1 Å². The molecule has 1 rings (SSSR count). The molecule has 0 saturated carbocycles. The van der Waals surface area contributed by atoms with Gasteiger partial charge < -0.3 is 10.5 Å². The second-order valence-corrected chi connectivity index (χ2v) is 5.24. The van der Waals surface area contributed by atoms with Crippen molar-refractivity contribution in [2.24, 2.45) is 5.92 Å². The topological polar surface area (TPSA) is 52.3 Å². The van der Waals surface area contributed by atoms with Gasteiger partial charge in [0, 0.05) is 16.3 Å². The average molecular weight is 253 g/mol.